The largest absolute Gasteiger partial charge is 0.384 e. The van der Waals surface area contributed by atoms with Crippen molar-refractivity contribution in [1.29, 1.82) is 0 Å². The molecule has 2 rings (SSSR count). The maximum atomic E-state index is 5.42. The van der Waals surface area contributed by atoms with Gasteiger partial charge in [-0.1, -0.05) is 13.8 Å². The van der Waals surface area contributed by atoms with Crippen molar-refractivity contribution >= 4 is 17.0 Å². The van der Waals surface area contributed by atoms with Gasteiger partial charge in [0, 0.05) is 0 Å². The summed E-state index contributed by atoms with van der Waals surface area (Å²) in [6, 6.07) is 3.59. The Morgan fingerprint density at radius 3 is 2.83 bits per heavy atom. The number of nitrogens with one attached hydrogen (secondary N) is 1. The second kappa shape index (κ2) is 3.71. The number of hydrogen-bond donors (Lipinski definition) is 2. The van der Waals surface area contributed by atoms with Gasteiger partial charge in [0.2, 0.25) is 0 Å². The fourth-order valence-corrected chi connectivity index (χ4v) is 0.837. The van der Waals surface area contributed by atoms with Crippen molar-refractivity contribution < 1.29 is 0 Å². The molecule has 0 saturated heterocycles. The van der Waals surface area contributed by atoms with Crippen molar-refractivity contribution in [3.8, 4) is 0 Å². The van der Waals surface area contributed by atoms with Gasteiger partial charge >= 0.3 is 0 Å². The Balaban J connectivity index is 0.000000336. The molecular weight excluding hydrogens is 152 g/mol. The first-order valence-electron chi connectivity index (χ1n) is 3.92. The van der Waals surface area contributed by atoms with Crippen molar-refractivity contribution in [2.45, 2.75) is 13.8 Å². The lowest BCUT2D eigenvalue weighted by atomic mass is 10.4. The molecule has 64 valence electrons. The third-order valence-corrected chi connectivity index (χ3v) is 1.30. The van der Waals surface area contributed by atoms with Crippen molar-refractivity contribution in [1.82, 2.24) is 15.0 Å². The van der Waals surface area contributed by atoms with E-state index in [-0.39, 0.29) is 0 Å². The highest BCUT2D eigenvalue weighted by atomic mass is 15.0. The highest BCUT2D eigenvalue weighted by Gasteiger charge is 1.94. The number of pyridine rings is 1. The first-order valence-corrected chi connectivity index (χ1v) is 3.92. The van der Waals surface area contributed by atoms with Gasteiger partial charge in [-0.05, 0) is 12.1 Å². The molecule has 0 aliphatic carbocycles. The number of fused-ring (bicyclic) bond motifs is 1. The Kier molecular flexibility index (Phi) is 2.63. The highest BCUT2D eigenvalue weighted by Crippen LogP contribution is 2.06. The number of nitrogen functional groups attached to an aromatic ring is 1. The van der Waals surface area contributed by atoms with E-state index in [0.29, 0.717) is 11.5 Å². The Labute approximate surface area is 70.8 Å². The molecule has 0 spiro atoms. The second-order valence-electron chi connectivity index (χ2n) is 2.01. The van der Waals surface area contributed by atoms with Crippen LogP contribution in [0, 0.1) is 0 Å². The molecule has 0 saturated carbocycles. The van der Waals surface area contributed by atoms with E-state index in [0.717, 1.165) is 5.52 Å². The Morgan fingerprint density at radius 1 is 1.33 bits per heavy atom. The van der Waals surface area contributed by atoms with Crippen LogP contribution in [0.25, 0.3) is 11.2 Å². The lowest BCUT2D eigenvalue weighted by Gasteiger charge is -1.88. The number of imidazole rings is 1. The normalized spacial score (nSPS) is 9.17. The first kappa shape index (κ1) is 8.52. The summed E-state index contributed by atoms with van der Waals surface area (Å²) < 4.78 is 0. The molecule has 2 aromatic heterocycles. The molecule has 2 aromatic rings. The van der Waals surface area contributed by atoms with Gasteiger partial charge in [-0.15, -0.1) is 0 Å². The summed E-state index contributed by atoms with van der Waals surface area (Å²) in [6.45, 7) is 4.00. The molecule has 0 fully saturated rings. The summed E-state index contributed by atoms with van der Waals surface area (Å²) in [6.07, 6.45) is 1.59. The van der Waals surface area contributed by atoms with E-state index in [1.807, 2.05) is 19.9 Å². The van der Waals surface area contributed by atoms with Gasteiger partial charge in [-0.3, -0.25) is 0 Å². The zero-order valence-corrected chi connectivity index (χ0v) is 7.20. The van der Waals surface area contributed by atoms with Crippen LogP contribution in [0.15, 0.2) is 18.5 Å². The molecule has 0 unspecified atom stereocenters. The average Bonchev–Trinajstić information content (AvgIpc) is 2.54. The van der Waals surface area contributed by atoms with E-state index in [2.05, 4.69) is 15.0 Å². The quantitative estimate of drug-likeness (QED) is 0.621. The maximum absolute atomic E-state index is 5.42. The molecule has 0 bridgehead atoms. The molecule has 0 amide bonds. The van der Waals surface area contributed by atoms with E-state index < -0.39 is 0 Å². The van der Waals surface area contributed by atoms with Crippen LogP contribution in [0.2, 0.25) is 0 Å². The van der Waals surface area contributed by atoms with E-state index in [4.69, 9.17) is 5.73 Å². The number of anilines is 1. The minimum absolute atomic E-state index is 0.500. The summed E-state index contributed by atoms with van der Waals surface area (Å²) >= 11 is 0. The number of rotatable bonds is 0. The predicted molar refractivity (Wildman–Crippen MR) is 49.6 cm³/mol. The topological polar surface area (TPSA) is 67.6 Å². The Morgan fingerprint density at radius 2 is 2.08 bits per heavy atom. The van der Waals surface area contributed by atoms with E-state index >= 15 is 0 Å². The average molecular weight is 164 g/mol. The van der Waals surface area contributed by atoms with Gasteiger partial charge in [0.05, 0.1) is 11.8 Å². The van der Waals surface area contributed by atoms with Gasteiger partial charge in [0.15, 0.2) is 5.65 Å². The SMILES string of the molecule is CC.Nc1ccc2[nH]cnc2n1. The fraction of sp³-hybridized carbons (Fsp3) is 0.250. The second-order valence-corrected chi connectivity index (χ2v) is 2.01. The Hall–Kier alpha value is -1.58. The molecule has 2 heterocycles. The fourth-order valence-electron chi connectivity index (χ4n) is 0.837. The molecular formula is C8H12N4. The number of H-pyrrole nitrogens is 1. The Bertz CT molecular complexity index is 353. The summed E-state index contributed by atoms with van der Waals surface area (Å²) in [5.74, 6) is 0.500. The van der Waals surface area contributed by atoms with Gasteiger partial charge in [0.1, 0.15) is 5.82 Å². The minimum Gasteiger partial charge on any atom is -0.384 e. The summed E-state index contributed by atoms with van der Waals surface area (Å²) in [5.41, 5.74) is 7.00. The van der Waals surface area contributed by atoms with E-state index in [1.165, 1.54) is 0 Å². The molecule has 0 aliphatic heterocycles. The molecule has 4 heteroatoms. The van der Waals surface area contributed by atoms with E-state index in [1.54, 1.807) is 12.4 Å². The first-order chi connectivity index (χ1) is 5.86. The summed E-state index contributed by atoms with van der Waals surface area (Å²) in [7, 11) is 0. The number of aromatic amines is 1. The van der Waals surface area contributed by atoms with Crippen LogP contribution in [-0.2, 0) is 0 Å². The maximum Gasteiger partial charge on any atom is 0.179 e. The molecule has 0 aliphatic rings. The third kappa shape index (κ3) is 1.53. The molecule has 0 aromatic carbocycles. The minimum atomic E-state index is 0.500. The standard InChI is InChI=1S/C6H6N4.C2H6/c7-5-2-1-4-6(10-5)9-3-8-4;1-2/h1-3H,(H3,7,8,9,10);1-2H3. The van der Waals surface area contributed by atoms with Crippen LogP contribution in [0.5, 0.6) is 0 Å². The van der Waals surface area contributed by atoms with Crippen molar-refractivity contribution in [2.24, 2.45) is 0 Å². The van der Waals surface area contributed by atoms with Crippen molar-refractivity contribution in [2.75, 3.05) is 5.73 Å². The monoisotopic (exact) mass is 164 g/mol. The number of nitrogens with zero attached hydrogens (tertiary/aromatic N) is 2. The predicted octanol–water partition coefficient (Wildman–Crippen LogP) is 1.57. The van der Waals surface area contributed by atoms with Crippen LogP contribution in [0.3, 0.4) is 0 Å². The number of nitrogens with two attached hydrogens (primary N) is 1. The third-order valence-electron chi connectivity index (χ3n) is 1.30. The zero-order valence-electron chi connectivity index (χ0n) is 7.20. The smallest absolute Gasteiger partial charge is 0.179 e. The van der Waals surface area contributed by atoms with Gasteiger partial charge < -0.3 is 10.7 Å². The lowest BCUT2D eigenvalue weighted by Crippen LogP contribution is -1.88. The van der Waals surface area contributed by atoms with Gasteiger partial charge in [-0.25, -0.2) is 9.97 Å². The summed E-state index contributed by atoms with van der Waals surface area (Å²) in [5, 5.41) is 0. The molecule has 0 atom stereocenters. The van der Waals surface area contributed by atoms with Gasteiger partial charge in [-0.2, -0.15) is 0 Å². The highest BCUT2D eigenvalue weighted by molar-refractivity contribution is 5.71. The van der Waals surface area contributed by atoms with Crippen molar-refractivity contribution in [3.63, 3.8) is 0 Å². The zero-order chi connectivity index (χ0) is 8.97. The lowest BCUT2D eigenvalue weighted by molar-refractivity contribution is 1.31. The molecule has 12 heavy (non-hydrogen) atoms. The molecule has 3 N–H and O–H groups in total. The number of hydrogen-bond acceptors (Lipinski definition) is 3. The van der Waals surface area contributed by atoms with Crippen LogP contribution in [0.4, 0.5) is 5.82 Å². The van der Waals surface area contributed by atoms with Crippen LogP contribution in [-0.4, -0.2) is 15.0 Å². The van der Waals surface area contributed by atoms with Crippen LogP contribution < -0.4 is 5.73 Å². The van der Waals surface area contributed by atoms with Gasteiger partial charge in [0.25, 0.3) is 0 Å². The van der Waals surface area contributed by atoms with Crippen LogP contribution >= 0.6 is 0 Å². The van der Waals surface area contributed by atoms with E-state index in [9.17, 15) is 0 Å². The number of aromatic nitrogens is 3. The van der Waals surface area contributed by atoms with Crippen LogP contribution in [0.1, 0.15) is 13.8 Å². The molecule has 4 nitrogen and oxygen atoms in total. The summed E-state index contributed by atoms with van der Waals surface area (Å²) in [4.78, 5) is 10.8. The van der Waals surface area contributed by atoms with Crippen molar-refractivity contribution in [3.05, 3.63) is 18.5 Å². The molecule has 0 radical (unpaired) electrons.